The van der Waals surface area contributed by atoms with Crippen LogP contribution in [0.25, 0.3) is 0 Å². The maximum absolute atomic E-state index is 12.5. The van der Waals surface area contributed by atoms with Crippen molar-refractivity contribution in [3.05, 3.63) is 30.3 Å². The number of carbonyl (C=O) groups is 3. The Bertz CT molecular complexity index is 689. The molecule has 0 aliphatic carbocycles. The fourth-order valence-electron chi connectivity index (χ4n) is 2.77. The van der Waals surface area contributed by atoms with Crippen molar-refractivity contribution in [2.45, 2.75) is 19.3 Å². The SMILES string of the molecule is O=C1CCC(C(=O)N2CCCN(C(=O)Oc3ccccc3)CC2)=NN1. The average molecular weight is 344 g/mol. The van der Waals surface area contributed by atoms with Crippen molar-refractivity contribution in [1.82, 2.24) is 15.2 Å². The van der Waals surface area contributed by atoms with Gasteiger partial charge in [0.2, 0.25) is 5.91 Å². The van der Waals surface area contributed by atoms with Gasteiger partial charge in [-0.15, -0.1) is 0 Å². The number of hydrazone groups is 1. The van der Waals surface area contributed by atoms with Crippen LogP contribution in [-0.4, -0.2) is 59.6 Å². The molecule has 0 radical (unpaired) electrons. The van der Waals surface area contributed by atoms with Crippen LogP contribution in [0.5, 0.6) is 5.75 Å². The Morgan fingerprint density at radius 3 is 2.44 bits per heavy atom. The summed E-state index contributed by atoms with van der Waals surface area (Å²) in [5, 5.41) is 3.85. The minimum Gasteiger partial charge on any atom is -0.410 e. The first-order chi connectivity index (χ1) is 12.1. The van der Waals surface area contributed by atoms with Gasteiger partial charge in [-0.05, 0) is 18.6 Å². The summed E-state index contributed by atoms with van der Waals surface area (Å²) >= 11 is 0. The van der Waals surface area contributed by atoms with Gasteiger partial charge in [-0.3, -0.25) is 9.59 Å². The summed E-state index contributed by atoms with van der Waals surface area (Å²) < 4.78 is 5.35. The number of nitrogens with zero attached hydrogens (tertiary/aromatic N) is 3. The van der Waals surface area contributed by atoms with Crippen LogP contribution >= 0.6 is 0 Å². The molecule has 0 unspecified atom stereocenters. The highest BCUT2D eigenvalue weighted by molar-refractivity contribution is 6.39. The zero-order valence-corrected chi connectivity index (χ0v) is 13.8. The average Bonchev–Trinajstić information content (AvgIpc) is 2.89. The minimum atomic E-state index is -0.414. The van der Waals surface area contributed by atoms with Crippen LogP contribution in [0, 0.1) is 0 Å². The van der Waals surface area contributed by atoms with Gasteiger partial charge >= 0.3 is 6.09 Å². The van der Waals surface area contributed by atoms with E-state index in [9.17, 15) is 14.4 Å². The number of hydrogen-bond donors (Lipinski definition) is 1. The Morgan fingerprint density at radius 1 is 1.00 bits per heavy atom. The smallest absolute Gasteiger partial charge is 0.410 e. The molecule has 1 aromatic carbocycles. The summed E-state index contributed by atoms with van der Waals surface area (Å²) in [5.74, 6) is 0.137. The van der Waals surface area contributed by atoms with E-state index in [1.54, 1.807) is 34.1 Å². The van der Waals surface area contributed by atoms with Gasteiger partial charge in [0.05, 0.1) is 0 Å². The number of nitrogens with one attached hydrogen (secondary N) is 1. The molecule has 0 aromatic heterocycles. The lowest BCUT2D eigenvalue weighted by molar-refractivity contribution is -0.124. The topological polar surface area (TPSA) is 91.3 Å². The zero-order valence-electron chi connectivity index (χ0n) is 13.8. The van der Waals surface area contributed by atoms with Gasteiger partial charge < -0.3 is 14.5 Å². The quantitative estimate of drug-likeness (QED) is 0.866. The monoisotopic (exact) mass is 344 g/mol. The first kappa shape index (κ1) is 16.9. The molecule has 3 amide bonds. The van der Waals surface area contributed by atoms with Gasteiger partial charge in [0, 0.05) is 39.0 Å². The highest BCUT2D eigenvalue weighted by atomic mass is 16.6. The molecule has 3 rings (SSSR count). The maximum atomic E-state index is 12.5. The van der Waals surface area contributed by atoms with E-state index < -0.39 is 6.09 Å². The van der Waals surface area contributed by atoms with Crippen molar-refractivity contribution >= 4 is 23.6 Å². The Balaban J connectivity index is 1.56. The van der Waals surface area contributed by atoms with Crippen LogP contribution in [0.15, 0.2) is 35.4 Å². The van der Waals surface area contributed by atoms with E-state index >= 15 is 0 Å². The van der Waals surface area contributed by atoms with Gasteiger partial charge in [-0.2, -0.15) is 5.10 Å². The van der Waals surface area contributed by atoms with E-state index in [4.69, 9.17) is 4.74 Å². The lowest BCUT2D eigenvalue weighted by Crippen LogP contribution is -2.42. The van der Waals surface area contributed by atoms with Crippen LogP contribution in [0.1, 0.15) is 19.3 Å². The first-order valence-electron chi connectivity index (χ1n) is 8.30. The summed E-state index contributed by atoms with van der Waals surface area (Å²) in [6, 6.07) is 8.90. The third-order valence-corrected chi connectivity index (χ3v) is 4.14. The molecule has 2 heterocycles. The van der Waals surface area contributed by atoms with Crippen molar-refractivity contribution in [3.63, 3.8) is 0 Å². The van der Waals surface area contributed by atoms with Gasteiger partial charge in [0.15, 0.2) is 0 Å². The normalized spacial score (nSPS) is 18.1. The molecule has 0 spiro atoms. The molecule has 132 valence electrons. The Labute approximate surface area is 145 Å². The van der Waals surface area contributed by atoms with Gasteiger partial charge in [-0.25, -0.2) is 10.2 Å². The van der Waals surface area contributed by atoms with E-state index in [1.807, 2.05) is 6.07 Å². The number of rotatable bonds is 2. The number of benzene rings is 1. The third kappa shape index (κ3) is 4.34. The predicted molar refractivity (Wildman–Crippen MR) is 90.0 cm³/mol. The number of hydrogen-bond acceptors (Lipinski definition) is 5. The highest BCUT2D eigenvalue weighted by Gasteiger charge is 2.27. The number of amides is 3. The largest absolute Gasteiger partial charge is 0.415 e. The Hall–Kier alpha value is -2.90. The molecular weight excluding hydrogens is 324 g/mol. The molecule has 0 saturated carbocycles. The van der Waals surface area contributed by atoms with Gasteiger partial charge in [-0.1, -0.05) is 18.2 Å². The van der Waals surface area contributed by atoms with Gasteiger partial charge in [0.25, 0.3) is 5.91 Å². The number of para-hydroxylation sites is 1. The van der Waals surface area contributed by atoms with Crippen LogP contribution in [0.2, 0.25) is 0 Å². The molecule has 2 aliphatic heterocycles. The van der Waals surface area contributed by atoms with Crippen molar-refractivity contribution in [3.8, 4) is 5.75 Å². The second kappa shape index (κ2) is 7.78. The van der Waals surface area contributed by atoms with Gasteiger partial charge in [0.1, 0.15) is 11.5 Å². The summed E-state index contributed by atoms with van der Waals surface area (Å²) in [6.07, 6.45) is 0.868. The fraction of sp³-hybridized carbons (Fsp3) is 0.412. The lowest BCUT2D eigenvalue weighted by atomic mass is 10.1. The van der Waals surface area contributed by atoms with Crippen molar-refractivity contribution in [1.29, 1.82) is 0 Å². The molecule has 1 aromatic rings. The molecule has 8 nitrogen and oxygen atoms in total. The molecule has 1 fully saturated rings. The molecular formula is C17H20N4O4. The van der Waals surface area contributed by atoms with Crippen LogP contribution < -0.4 is 10.2 Å². The molecule has 0 atom stereocenters. The molecule has 2 aliphatic rings. The number of carbonyl (C=O) groups excluding carboxylic acids is 3. The van der Waals surface area contributed by atoms with Crippen molar-refractivity contribution in [2.24, 2.45) is 5.10 Å². The lowest BCUT2D eigenvalue weighted by Gasteiger charge is -2.23. The van der Waals surface area contributed by atoms with E-state index in [-0.39, 0.29) is 18.2 Å². The standard InChI is InChI=1S/C17H20N4O4/c22-15-8-7-14(18-19-15)16(23)20-9-4-10-21(12-11-20)17(24)25-13-5-2-1-3-6-13/h1-3,5-6H,4,7-12H2,(H,19,22). The van der Waals surface area contributed by atoms with E-state index in [2.05, 4.69) is 10.5 Å². The van der Waals surface area contributed by atoms with Crippen LogP contribution in [0.3, 0.4) is 0 Å². The predicted octanol–water partition coefficient (Wildman–Crippen LogP) is 0.986. The van der Waals surface area contributed by atoms with E-state index in [0.29, 0.717) is 50.5 Å². The summed E-state index contributed by atoms with van der Waals surface area (Å²) in [5.41, 5.74) is 2.70. The van der Waals surface area contributed by atoms with Crippen LogP contribution in [0.4, 0.5) is 4.79 Å². The van der Waals surface area contributed by atoms with E-state index in [0.717, 1.165) is 0 Å². The maximum Gasteiger partial charge on any atom is 0.415 e. The zero-order chi connectivity index (χ0) is 17.6. The molecule has 8 heteroatoms. The first-order valence-corrected chi connectivity index (χ1v) is 8.30. The Morgan fingerprint density at radius 2 is 1.72 bits per heavy atom. The molecule has 0 bridgehead atoms. The second-order valence-corrected chi connectivity index (χ2v) is 5.91. The highest BCUT2D eigenvalue weighted by Crippen LogP contribution is 2.13. The summed E-state index contributed by atoms with van der Waals surface area (Å²) in [4.78, 5) is 39.2. The minimum absolute atomic E-state index is 0.178. The van der Waals surface area contributed by atoms with Crippen LogP contribution in [-0.2, 0) is 9.59 Å². The van der Waals surface area contributed by atoms with Crippen molar-refractivity contribution < 1.29 is 19.1 Å². The fourth-order valence-corrected chi connectivity index (χ4v) is 2.77. The summed E-state index contributed by atoms with van der Waals surface area (Å²) in [7, 11) is 0. The third-order valence-electron chi connectivity index (χ3n) is 4.14. The second-order valence-electron chi connectivity index (χ2n) is 5.91. The summed E-state index contributed by atoms with van der Waals surface area (Å²) in [6.45, 7) is 1.88. The Kier molecular flexibility index (Phi) is 5.27. The van der Waals surface area contributed by atoms with E-state index in [1.165, 1.54) is 0 Å². The molecule has 1 saturated heterocycles. The molecule has 1 N–H and O–H groups in total. The van der Waals surface area contributed by atoms with Crippen molar-refractivity contribution in [2.75, 3.05) is 26.2 Å². The molecule has 25 heavy (non-hydrogen) atoms. The number of ether oxygens (including phenoxy) is 1.